The molecule has 1 aliphatic carbocycles. The van der Waals surface area contributed by atoms with Gasteiger partial charge in [-0.2, -0.15) is 0 Å². The van der Waals surface area contributed by atoms with Gasteiger partial charge in [0.2, 0.25) is 0 Å². The highest BCUT2D eigenvalue weighted by Gasteiger charge is 2.26. The van der Waals surface area contributed by atoms with Gasteiger partial charge >= 0.3 is 5.97 Å². The van der Waals surface area contributed by atoms with Gasteiger partial charge in [-0.15, -0.1) is 0 Å². The van der Waals surface area contributed by atoms with Crippen LogP contribution in [0.25, 0.3) is 0 Å². The van der Waals surface area contributed by atoms with Crippen LogP contribution in [0.5, 0.6) is 0 Å². The first-order valence-electron chi connectivity index (χ1n) is 10.1. The number of aliphatic carboxylic acids is 1. The standard InChI is InChI=1S/C22H33NO3/c23-16-18-10-14-20(15-11-18)22(26)19-12-8-17(9-13-19)6-4-2-1-3-5-7-21(24)25/h8-9,12-13,18,20H,1-7,10-11,14-16,23H2,(H,24,25). The van der Waals surface area contributed by atoms with Crippen molar-refractivity contribution in [1.29, 1.82) is 0 Å². The molecule has 1 fully saturated rings. The fourth-order valence-electron chi connectivity index (χ4n) is 3.87. The molecule has 3 N–H and O–H groups in total. The molecule has 0 bridgehead atoms. The van der Waals surface area contributed by atoms with E-state index in [0.717, 1.165) is 76.3 Å². The summed E-state index contributed by atoms with van der Waals surface area (Å²) < 4.78 is 0. The van der Waals surface area contributed by atoms with E-state index in [1.807, 2.05) is 12.1 Å². The van der Waals surface area contributed by atoms with E-state index in [1.54, 1.807) is 0 Å². The Morgan fingerprint density at radius 1 is 0.923 bits per heavy atom. The van der Waals surface area contributed by atoms with Gasteiger partial charge in [0.1, 0.15) is 0 Å². The predicted octanol–water partition coefficient (Wildman–Crippen LogP) is 4.60. The summed E-state index contributed by atoms with van der Waals surface area (Å²) in [6, 6.07) is 8.14. The molecule has 0 atom stereocenters. The summed E-state index contributed by atoms with van der Waals surface area (Å²) in [6.45, 7) is 0.745. The zero-order valence-corrected chi connectivity index (χ0v) is 15.8. The Hall–Kier alpha value is -1.68. The van der Waals surface area contributed by atoms with Crippen LogP contribution in [0, 0.1) is 11.8 Å². The van der Waals surface area contributed by atoms with Crippen LogP contribution >= 0.6 is 0 Å². The number of carbonyl (C=O) groups is 2. The molecular formula is C22H33NO3. The van der Waals surface area contributed by atoms with Crippen LogP contribution in [-0.4, -0.2) is 23.4 Å². The van der Waals surface area contributed by atoms with E-state index in [2.05, 4.69) is 12.1 Å². The smallest absolute Gasteiger partial charge is 0.303 e. The van der Waals surface area contributed by atoms with Gasteiger partial charge in [-0.25, -0.2) is 0 Å². The predicted molar refractivity (Wildman–Crippen MR) is 104 cm³/mol. The maximum Gasteiger partial charge on any atom is 0.303 e. The van der Waals surface area contributed by atoms with E-state index >= 15 is 0 Å². The van der Waals surface area contributed by atoms with Crippen LogP contribution in [0.1, 0.15) is 80.1 Å². The number of carboxylic acids is 1. The number of nitrogens with two attached hydrogens (primary N) is 1. The van der Waals surface area contributed by atoms with Gasteiger partial charge in [-0.05, 0) is 63.0 Å². The first-order valence-corrected chi connectivity index (χ1v) is 10.1. The minimum Gasteiger partial charge on any atom is -0.481 e. The number of aryl methyl sites for hydroxylation is 1. The molecule has 0 amide bonds. The summed E-state index contributed by atoms with van der Waals surface area (Å²) in [5.41, 5.74) is 7.85. The largest absolute Gasteiger partial charge is 0.481 e. The van der Waals surface area contributed by atoms with Crippen LogP contribution in [0.4, 0.5) is 0 Å². The average Bonchev–Trinajstić information content (AvgIpc) is 2.67. The van der Waals surface area contributed by atoms with Crippen molar-refractivity contribution in [2.75, 3.05) is 6.54 Å². The third-order valence-electron chi connectivity index (χ3n) is 5.65. The number of Topliss-reactive ketones (excluding diaryl/α,β-unsaturated/α-hetero) is 1. The number of carboxylic acid groups (broad SMARTS) is 1. The molecular weight excluding hydrogens is 326 g/mol. The van der Waals surface area contributed by atoms with Gasteiger partial charge in [0.15, 0.2) is 5.78 Å². The summed E-state index contributed by atoms with van der Waals surface area (Å²) in [7, 11) is 0. The Labute approximate surface area is 157 Å². The van der Waals surface area contributed by atoms with Crippen LogP contribution in [-0.2, 0) is 11.2 Å². The molecule has 0 radical (unpaired) electrons. The minimum absolute atomic E-state index is 0.175. The number of carbonyl (C=O) groups excluding carboxylic acids is 1. The van der Waals surface area contributed by atoms with Crippen molar-refractivity contribution in [3.8, 4) is 0 Å². The van der Waals surface area contributed by atoms with Crippen LogP contribution in [0.15, 0.2) is 24.3 Å². The maximum absolute atomic E-state index is 12.6. The number of hydrogen-bond acceptors (Lipinski definition) is 3. The fourth-order valence-corrected chi connectivity index (χ4v) is 3.87. The van der Waals surface area contributed by atoms with Gasteiger partial charge in [0, 0.05) is 17.9 Å². The molecule has 0 unspecified atom stereocenters. The summed E-state index contributed by atoms with van der Waals surface area (Å²) in [5, 5.41) is 8.60. The van der Waals surface area contributed by atoms with Crippen molar-refractivity contribution in [3.05, 3.63) is 35.4 Å². The molecule has 1 aromatic carbocycles. The second-order valence-corrected chi connectivity index (χ2v) is 7.68. The topological polar surface area (TPSA) is 80.4 Å². The lowest BCUT2D eigenvalue weighted by molar-refractivity contribution is -0.137. The highest BCUT2D eigenvalue weighted by atomic mass is 16.4. The zero-order chi connectivity index (χ0) is 18.8. The van der Waals surface area contributed by atoms with Crippen molar-refractivity contribution in [2.24, 2.45) is 17.6 Å². The van der Waals surface area contributed by atoms with E-state index in [0.29, 0.717) is 11.7 Å². The van der Waals surface area contributed by atoms with E-state index < -0.39 is 5.97 Å². The lowest BCUT2D eigenvalue weighted by Crippen LogP contribution is -2.25. The molecule has 0 saturated heterocycles. The van der Waals surface area contributed by atoms with Crippen molar-refractivity contribution in [1.82, 2.24) is 0 Å². The highest BCUT2D eigenvalue weighted by Crippen LogP contribution is 2.30. The molecule has 1 saturated carbocycles. The Kier molecular flexibility index (Phi) is 8.82. The highest BCUT2D eigenvalue weighted by molar-refractivity contribution is 5.97. The molecule has 0 aliphatic heterocycles. The number of rotatable bonds is 11. The summed E-state index contributed by atoms with van der Waals surface area (Å²) in [5.74, 6) is 0.373. The lowest BCUT2D eigenvalue weighted by Gasteiger charge is -2.26. The Bertz CT molecular complexity index is 559. The number of ketones is 1. The normalized spacial score (nSPS) is 20.0. The molecule has 144 valence electrons. The summed E-state index contributed by atoms with van der Waals surface area (Å²) >= 11 is 0. The third kappa shape index (κ3) is 6.91. The molecule has 26 heavy (non-hydrogen) atoms. The second kappa shape index (κ2) is 11.1. The van der Waals surface area contributed by atoms with E-state index in [1.165, 1.54) is 5.56 Å². The molecule has 0 heterocycles. The number of hydrogen-bond donors (Lipinski definition) is 2. The average molecular weight is 360 g/mol. The van der Waals surface area contributed by atoms with Crippen LogP contribution < -0.4 is 5.73 Å². The van der Waals surface area contributed by atoms with Crippen molar-refractivity contribution < 1.29 is 14.7 Å². The zero-order valence-electron chi connectivity index (χ0n) is 15.8. The molecule has 1 aliphatic rings. The third-order valence-corrected chi connectivity index (χ3v) is 5.65. The Balaban J connectivity index is 1.67. The van der Waals surface area contributed by atoms with Crippen LogP contribution in [0.3, 0.4) is 0 Å². The molecule has 4 heteroatoms. The first kappa shape index (κ1) is 20.6. The molecule has 0 spiro atoms. The number of unbranched alkanes of at least 4 members (excludes halogenated alkanes) is 4. The first-order chi connectivity index (χ1) is 12.6. The van der Waals surface area contributed by atoms with Gasteiger partial charge in [-0.3, -0.25) is 9.59 Å². The van der Waals surface area contributed by atoms with Gasteiger partial charge < -0.3 is 10.8 Å². The van der Waals surface area contributed by atoms with Gasteiger partial charge in [0.05, 0.1) is 0 Å². The number of benzene rings is 1. The van der Waals surface area contributed by atoms with Gasteiger partial charge in [0.25, 0.3) is 0 Å². The molecule has 1 aromatic rings. The van der Waals surface area contributed by atoms with E-state index in [-0.39, 0.29) is 12.3 Å². The lowest BCUT2D eigenvalue weighted by atomic mass is 9.78. The van der Waals surface area contributed by atoms with Crippen molar-refractivity contribution in [2.45, 2.75) is 70.6 Å². The molecule has 4 nitrogen and oxygen atoms in total. The summed E-state index contributed by atoms with van der Waals surface area (Å²) in [4.78, 5) is 23.1. The Morgan fingerprint density at radius 3 is 2.15 bits per heavy atom. The van der Waals surface area contributed by atoms with Crippen molar-refractivity contribution >= 4 is 11.8 Å². The molecule has 0 aromatic heterocycles. The quantitative estimate of drug-likeness (QED) is 0.447. The second-order valence-electron chi connectivity index (χ2n) is 7.68. The maximum atomic E-state index is 12.6. The van der Waals surface area contributed by atoms with E-state index in [9.17, 15) is 9.59 Å². The minimum atomic E-state index is -0.702. The van der Waals surface area contributed by atoms with Gasteiger partial charge in [-0.1, -0.05) is 43.5 Å². The molecule has 2 rings (SSSR count). The van der Waals surface area contributed by atoms with E-state index in [4.69, 9.17) is 10.8 Å². The summed E-state index contributed by atoms with van der Waals surface area (Å²) in [6.07, 6.45) is 10.5. The van der Waals surface area contributed by atoms with Crippen molar-refractivity contribution in [3.63, 3.8) is 0 Å². The van der Waals surface area contributed by atoms with Crippen LogP contribution in [0.2, 0.25) is 0 Å². The fraction of sp³-hybridized carbons (Fsp3) is 0.636. The monoisotopic (exact) mass is 359 g/mol. The Morgan fingerprint density at radius 2 is 1.54 bits per heavy atom. The SMILES string of the molecule is NCC1CCC(C(=O)c2ccc(CCCCCCCC(=O)O)cc2)CC1.